The number of thioether (sulfide) groups is 1. The van der Waals surface area contributed by atoms with Crippen molar-refractivity contribution in [3.05, 3.63) is 63.2 Å². The van der Waals surface area contributed by atoms with Crippen molar-refractivity contribution < 1.29 is 4.92 Å². The molecule has 1 aliphatic rings. The van der Waals surface area contributed by atoms with E-state index in [1.54, 1.807) is 23.9 Å². The summed E-state index contributed by atoms with van der Waals surface area (Å²) in [4.78, 5) is 11.4. The highest BCUT2D eigenvalue weighted by molar-refractivity contribution is 7.99. The Morgan fingerprint density at radius 3 is 2.73 bits per heavy atom. The number of nitro groups is 1. The van der Waals surface area contributed by atoms with Crippen LogP contribution in [0.25, 0.3) is 0 Å². The minimum atomic E-state index is -0.424. The van der Waals surface area contributed by atoms with Crippen LogP contribution in [-0.4, -0.2) is 16.4 Å². The van der Waals surface area contributed by atoms with Gasteiger partial charge in [0, 0.05) is 39.8 Å². The van der Waals surface area contributed by atoms with Crippen LogP contribution in [0, 0.1) is 10.1 Å². The summed E-state index contributed by atoms with van der Waals surface area (Å²) in [5, 5.41) is 15.7. The summed E-state index contributed by atoms with van der Waals surface area (Å²) in [6, 6.07) is 12.0. The molecule has 3 rings (SSSR count). The zero-order chi connectivity index (χ0) is 15.5. The third-order valence-corrected chi connectivity index (χ3v) is 4.56. The molecule has 0 atom stereocenters. The Hall–Kier alpha value is -2.05. The van der Waals surface area contributed by atoms with Crippen LogP contribution < -0.4 is 5.43 Å². The molecule has 0 unspecified atom stereocenters. The lowest BCUT2D eigenvalue weighted by molar-refractivity contribution is -0.384. The fourth-order valence-electron chi connectivity index (χ4n) is 2.15. The van der Waals surface area contributed by atoms with E-state index in [4.69, 9.17) is 11.6 Å². The molecule has 2 aromatic carbocycles. The predicted molar refractivity (Wildman–Crippen MR) is 90.0 cm³/mol. The van der Waals surface area contributed by atoms with Crippen molar-refractivity contribution in [2.24, 2.45) is 5.10 Å². The van der Waals surface area contributed by atoms with Gasteiger partial charge < -0.3 is 0 Å². The van der Waals surface area contributed by atoms with Crippen molar-refractivity contribution in [1.29, 1.82) is 0 Å². The standard InChI is InChI=1S/C15H12ClN3O2S/c16-10-1-6-15-13(9-10)14(7-8-22-15)18-17-11-2-4-12(5-3-11)19(20)21/h1-6,9,17H,7-8H2/b18-14+. The number of fused-ring (bicyclic) bond motifs is 1. The van der Waals surface area contributed by atoms with E-state index in [-0.39, 0.29) is 5.69 Å². The Morgan fingerprint density at radius 2 is 2.00 bits per heavy atom. The SMILES string of the molecule is O=[N+]([O-])c1ccc(N/N=C2\CCSc3ccc(Cl)cc32)cc1. The van der Waals surface area contributed by atoms with Crippen molar-refractivity contribution in [3.63, 3.8) is 0 Å². The Balaban J connectivity index is 1.82. The van der Waals surface area contributed by atoms with Gasteiger partial charge in [-0.3, -0.25) is 15.5 Å². The summed E-state index contributed by atoms with van der Waals surface area (Å²) in [5.41, 5.74) is 5.70. The molecule has 0 fully saturated rings. The quantitative estimate of drug-likeness (QED) is 0.660. The number of non-ortho nitro benzene ring substituents is 1. The molecular formula is C15H12ClN3O2S. The number of halogens is 1. The van der Waals surface area contributed by atoms with Crippen molar-refractivity contribution in [2.75, 3.05) is 11.2 Å². The molecule has 0 spiro atoms. The molecule has 1 aliphatic heterocycles. The number of rotatable bonds is 3. The van der Waals surface area contributed by atoms with E-state index in [0.29, 0.717) is 10.7 Å². The minimum absolute atomic E-state index is 0.0596. The van der Waals surface area contributed by atoms with E-state index in [1.807, 2.05) is 18.2 Å². The largest absolute Gasteiger partial charge is 0.278 e. The maximum atomic E-state index is 10.6. The first-order chi connectivity index (χ1) is 10.6. The molecule has 2 aromatic rings. The average molecular weight is 334 g/mol. The van der Waals surface area contributed by atoms with Gasteiger partial charge in [0.15, 0.2) is 0 Å². The molecule has 0 saturated heterocycles. The van der Waals surface area contributed by atoms with Crippen LogP contribution in [0.4, 0.5) is 11.4 Å². The van der Waals surface area contributed by atoms with Crippen molar-refractivity contribution in [3.8, 4) is 0 Å². The molecule has 0 aromatic heterocycles. The molecule has 1 heterocycles. The number of nitrogens with zero attached hydrogens (tertiary/aromatic N) is 2. The topological polar surface area (TPSA) is 67.5 Å². The zero-order valence-corrected chi connectivity index (χ0v) is 13.0. The lowest BCUT2D eigenvalue weighted by Gasteiger charge is -2.17. The Kier molecular flexibility index (Phi) is 4.31. The number of nitro benzene ring substituents is 1. The highest BCUT2D eigenvalue weighted by atomic mass is 35.5. The van der Waals surface area contributed by atoms with Crippen LogP contribution in [0.2, 0.25) is 5.02 Å². The number of hydrogen-bond donors (Lipinski definition) is 1. The van der Waals surface area contributed by atoms with Gasteiger partial charge >= 0.3 is 0 Å². The molecule has 0 radical (unpaired) electrons. The predicted octanol–water partition coefficient (Wildman–Crippen LogP) is 4.56. The van der Waals surface area contributed by atoms with E-state index in [0.717, 1.165) is 23.4 Å². The average Bonchev–Trinajstić information content (AvgIpc) is 2.53. The van der Waals surface area contributed by atoms with E-state index in [9.17, 15) is 10.1 Å². The monoisotopic (exact) mass is 333 g/mol. The van der Waals surface area contributed by atoms with Gasteiger partial charge in [-0.15, -0.1) is 11.8 Å². The molecular weight excluding hydrogens is 322 g/mol. The summed E-state index contributed by atoms with van der Waals surface area (Å²) in [7, 11) is 0. The molecule has 0 saturated carbocycles. The van der Waals surface area contributed by atoms with Gasteiger partial charge in [-0.25, -0.2) is 0 Å². The summed E-state index contributed by atoms with van der Waals surface area (Å²) in [6.45, 7) is 0. The number of hydrazone groups is 1. The summed E-state index contributed by atoms with van der Waals surface area (Å²) in [5.74, 6) is 0.968. The second-order valence-electron chi connectivity index (χ2n) is 4.71. The molecule has 7 heteroatoms. The Labute approximate surface area is 136 Å². The number of benzene rings is 2. The molecule has 22 heavy (non-hydrogen) atoms. The highest BCUT2D eigenvalue weighted by Crippen LogP contribution is 2.32. The first kappa shape index (κ1) is 14.9. The number of anilines is 1. The van der Waals surface area contributed by atoms with E-state index >= 15 is 0 Å². The van der Waals surface area contributed by atoms with Gasteiger partial charge in [-0.2, -0.15) is 5.10 Å². The van der Waals surface area contributed by atoms with Crippen LogP contribution in [0.15, 0.2) is 52.5 Å². The van der Waals surface area contributed by atoms with Gasteiger partial charge in [0.1, 0.15) is 0 Å². The van der Waals surface area contributed by atoms with Crippen LogP contribution in [0.5, 0.6) is 0 Å². The van der Waals surface area contributed by atoms with Gasteiger partial charge in [0.25, 0.3) is 5.69 Å². The van der Waals surface area contributed by atoms with E-state index in [2.05, 4.69) is 10.5 Å². The minimum Gasteiger partial charge on any atom is -0.278 e. The Bertz CT molecular complexity index is 747. The number of nitrogens with one attached hydrogen (secondary N) is 1. The van der Waals surface area contributed by atoms with Gasteiger partial charge in [0.05, 0.1) is 16.3 Å². The molecule has 112 valence electrons. The number of hydrogen-bond acceptors (Lipinski definition) is 5. The van der Waals surface area contributed by atoms with Crippen LogP contribution >= 0.6 is 23.4 Å². The van der Waals surface area contributed by atoms with Gasteiger partial charge in [-0.05, 0) is 30.3 Å². The third-order valence-electron chi connectivity index (χ3n) is 3.25. The molecule has 0 bridgehead atoms. The second kappa shape index (κ2) is 6.37. The molecule has 0 aliphatic carbocycles. The summed E-state index contributed by atoms with van der Waals surface area (Å²) < 4.78 is 0. The van der Waals surface area contributed by atoms with Crippen LogP contribution in [0.3, 0.4) is 0 Å². The van der Waals surface area contributed by atoms with Crippen LogP contribution in [-0.2, 0) is 0 Å². The lowest BCUT2D eigenvalue weighted by atomic mass is 10.1. The smallest absolute Gasteiger partial charge is 0.269 e. The van der Waals surface area contributed by atoms with Gasteiger partial charge in [0.2, 0.25) is 0 Å². The fraction of sp³-hybridized carbons (Fsp3) is 0.133. The van der Waals surface area contributed by atoms with Gasteiger partial charge in [-0.1, -0.05) is 11.6 Å². The molecule has 1 N–H and O–H groups in total. The maximum absolute atomic E-state index is 10.6. The first-order valence-corrected chi connectivity index (χ1v) is 7.99. The Morgan fingerprint density at radius 1 is 1.23 bits per heavy atom. The second-order valence-corrected chi connectivity index (χ2v) is 6.29. The van der Waals surface area contributed by atoms with Crippen LogP contribution in [0.1, 0.15) is 12.0 Å². The lowest BCUT2D eigenvalue weighted by Crippen LogP contribution is -2.11. The van der Waals surface area contributed by atoms with E-state index < -0.39 is 4.92 Å². The van der Waals surface area contributed by atoms with Crippen molar-refractivity contribution in [1.82, 2.24) is 0 Å². The highest BCUT2D eigenvalue weighted by Gasteiger charge is 2.16. The summed E-state index contributed by atoms with van der Waals surface area (Å²) >= 11 is 7.84. The first-order valence-electron chi connectivity index (χ1n) is 6.63. The van der Waals surface area contributed by atoms with E-state index in [1.165, 1.54) is 17.0 Å². The van der Waals surface area contributed by atoms with Crippen molar-refractivity contribution in [2.45, 2.75) is 11.3 Å². The molecule has 5 nitrogen and oxygen atoms in total. The fourth-order valence-corrected chi connectivity index (χ4v) is 3.34. The van der Waals surface area contributed by atoms with Crippen molar-refractivity contribution >= 4 is 40.4 Å². The maximum Gasteiger partial charge on any atom is 0.269 e. The third kappa shape index (κ3) is 3.23. The molecule has 0 amide bonds. The normalized spacial score (nSPS) is 15.4. The summed E-state index contributed by atoms with van der Waals surface area (Å²) in [6.07, 6.45) is 0.845. The zero-order valence-electron chi connectivity index (χ0n) is 11.5.